The molecular weight excluding hydrogens is 444 g/mol. The smallest absolute Gasteiger partial charge is 0.414 e. The maximum atomic E-state index is 12.7. The van der Waals surface area contributed by atoms with Crippen LogP contribution in [0.15, 0.2) is 66.7 Å². The van der Waals surface area contributed by atoms with E-state index in [-0.39, 0.29) is 12.0 Å². The number of halogens is 1. The van der Waals surface area contributed by atoms with Crippen molar-refractivity contribution in [2.45, 2.75) is 13.2 Å². The first-order valence-corrected chi connectivity index (χ1v) is 10.8. The number of carbonyl (C=O) groups is 2. The van der Waals surface area contributed by atoms with Crippen LogP contribution in [0, 0.1) is 0 Å². The fraction of sp³-hybridized carbons (Fsp3) is 0.200. The van der Waals surface area contributed by atoms with Crippen molar-refractivity contribution >= 4 is 29.3 Å². The van der Waals surface area contributed by atoms with Crippen LogP contribution in [0.1, 0.15) is 21.5 Å². The van der Waals surface area contributed by atoms with E-state index in [0.717, 1.165) is 16.8 Å². The van der Waals surface area contributed by atoms with Gasteiger partial charge < -0.3 is 19.5 Å². The summed E-state index contributed by atoms with van der Waals surface area (Å²) in [5, 5.41) is 3.56. The van der Waals surface area contributed by atoms with Gasteiger partial charge in [0.2, 0.25) is 0 Å². The number of amides is 2. The monoisotopic (exact) mass is 466 g/mol. The third-order valence-electron chi connectivity index (χ3n) is 5.17. The summed E-state index contributed by atoms with van der Waals surface area (Å²) in [5.74, 6) is 0.754. The van der Waals surface area contributed by atoms with Crippen molar-refractivity contribution in [3.63, 3.8) is 0 Å². The van der Waals surface area contributed by atoms with Crippen LogP contribution in [-0.4, -0.2) is 32.3 Å². The van der Waals surface area contributed by atoms with E-state index >= 15 is 0 Å². The minimum Gasteiger partial charge on any atom is -0.493 e. The molecule has 8 heteroatoms. The first kappa shape index (κ1) is 22.5. The van der Waals surface area contributed by atoms with Crippen LogP contribution in [0.5, 0.6) is 11.5 Å². The fourth-order valence-corrected chi connectivity index (χ4v) is 3.54. The summed E-state index contributed by atoms with van der Waals surface area (Å²) < 4.78 is 16.2. The van der Waals surface area contributed by atoms with E-state index in [2.05, 4.69) is 5.32 Å². The second-order valence-electron chi connectivity index (χ2n) is 7.40. The van der Waals surface area contributed by atoms with Gasteiger partial charge in [-0.2, -0.15) is 0 Å². The molecule has 0 atom stereocenters. The number of anilines is 1. The van der Waals surface area contributed by atoms with Crippen molar-refractivity contribution in [2.75, 3.05) is 25.2 Å². The Bertz CT molecular complexity index is 1150. The summed E-state index contributed by atoms with van der Waals surface area (Å²) in [6.45, 7) is 1.55. The quantitative estimate of drug-likeness (QED) is 0.515. The molecule has 0 spiro atoms. The highest BCUT2D eigenvalue weighted by Crippen LogP contribution is 2.29. The maximum Gasteiger partial charge on any atom is 0.414 e. The summed E-state index contributed by atoms with van der Waals surface area (Å²) in [6, 6.07) is 19.9. The predicted molar refractivity (Wildman–Crippen MR) is 125 cm³/mol. The number of ether oxygens (including phenoxy) is 3. The van der Waals surface area contributed by atoms with Gasteiger partial charge in [-0.1, -0.05) is 35.9 Å². The summed E-state index contributed by atoms with van der Waals surface area (Å²) in [5.41, 5.74) is 3.03. The van der Waals surface area contributed by atoms with Gasteiger partial charge in [0.15, 0.2) is 11.5 Å². The van der Waals surface area contributed by atoms with E-state index in [9.17, 15) is 9.59 Å². The van der Waals surface area contributed by atoms with Gasteiger partial charge in [-0.25, -0.2) is 4.79 Å². The zero-order valence-corrected chi connectivity index (χ0v) is 18.8. The molecule has 0 radical (unpaired) electrons. The molecule has 0 aliphatic carbocycles. The van der Waals surface area contributed by atoms with Gasteiger partial charge in [-0.05, 0) is 53.6 Å². The highest BCUT2D eigenvalue weighted by atomic mass is 35.5. The van der Waals surface area contributed by atoms with Gasteiger partial charge in [0.25, 0.3) is 5.91 Å². The van der Waals surface area contributed by atoms with E-state index in [4.69, 9.17) is 25.8 Å². The number of hydrogen-bond acceptors (Lipinski definition) is 5. The number of methoxy groups -OCH3 is 1. The fourth-order valence-electron chi connectivity index (χ4n) is 3.42. The van der Waals surface area contributed by atoms with Gasteiger partial charge in [-0.3, -0.25) is 9.69 Å². The van der Waals surface area contributed by atoms with E-state index < -0.39 is 0 Å². The Kier molecular flexibility index (Phi) is 7.00. The van der Waals surface area contributed by atoms with Crippen LogP contribution in [0.3, 0.4) is 0 Å². The van der Waals surface area contributed by atoms with Gasteiger partial charge >= 0.3 is 6.09 Å². The molecule has 1 heterocycles. The molecule has 33 heavy (non-hydrogen) atoms. The minimum atomic E-state index is -0.360. The Morgan fingerprint density at radius 2 is 1.88 bits per heavy atom. The zero-order chi connectivity index (χ0) is 23.2. The summed E-state index contributed by atoms with van der Waals surface area (Å²) in [6.07, 6.45) is -0.360. The Balaban J connectivity index is 1.38. The molecule has 1 fully saturated rings. The number of nitrogens with one attached hydrogen (secondary N) is 1. The second kappa shape index (κ2) is 10.3. The number of hydrogen-bond donors (Lipinski definition) is 1. The third-order valence-corrected chi connectivity index (χ3v) is 5.42. The van der Waals surface area contributed by atoms with Gasteiger partial charge in [0.05, 0.1) is 13.7 Å². The van der Waals surface area contributed by atoms with E-state index in [1.165, 1.54) is 7.11 Å². The maximum absolute atomic E-state index is 12.7. The molecular formula is C25H23ClN2O5. The van der Waals surface area contributed by atoms with E-state index in [1.807, 2.05) is 36.4 Å². The molecule has 0 saturated carbocycles. The van der Waals surface area contributed by atoms with E-state index in [0.29, 0.717) is 48.4 Å². The average molecular weight is 467 g/mol. The number of cyclic esters (lactones) is 1. The molecule has 7 nitrogen and oxygen atoms in total. The van der Waals surface area contributed by atoms with Crippen LogP contribution < -0.4 is 19.7 Å². The summed E-state index contributed by atoms with van der Waals surface area (Å²) in [4.78, 5) is 26.0. The van der Waals surface area contributed by atoms with Crippen LogP contribution in [0.2, 0.25) is 5.02 Å². The van der Waals surface area contributed by atoms with Crippen molar-refractivity contribution in [1.29, 1.82) is 0 Å². The van der Waals surface area contributed by atoms with Gasteiger partial charge in [0, 0.05) is 22.8 Å². The Hall–Kier alpha value is -3.71. The first-order valence-electron chi connectivity index (χ1n) is 10.4. The number of nitrogens with zero attached hydrogens (tertiary/aromatic N) is 1. The number of rotatable bonds is 8. The average Bonchev–Trinajstić information content (AvgIpc) is 3.28. The topological polar surface area (TPSA) is 77.1 Å². The van der Waals surface area contributed by atoms with Crippen molar-refractivity contribution < 1.29 is 23.8 Å². The molecule has 0 aromatic heterocycles. The summed E-state index contributed by atoms with van der Waals surface area (Å²) >= 11 is 5.91. The third kappa shape index (κ3) is 5.56. The lowest BCUT2D eigenvalue weighted by Gasteiger charge is -2.14. The minimum absolute atomic E-state index is 0.247. The molecule has 4 rings (SSSR count). The largest absolute Gasteiger partial charge is 0.493 e. The molecule has 3 aromatic carbocycles. The summed E-state index contributed by atoms with van der Waals surface area (Å²) in [7, 11) is 1.53. The number of benzene rings is 3. The molecule has 2 amide bonds. The molecule has 1 aliphatic rings. The van der Waals surface area contributed by atoms with Crippen LogP contribution in [0.4, 0.5) is 10.5 Å². The molecule has 3 aromatic rings. The Labute approximate surface area is 196 Å². The molecule has 1 aliphatic heterocycles. The standard InChI is InChI=1S/C25H23ClN2O5/c1-31-23-14-19(7-10-22(23)33-16-17-5-8-20(26)9-6-17)24(29)27-15-18-3-2-4-21(13-18)28-11-12-32-25(28)30/h2-10,13-14H,11-12,15-16H2,1H3,(H,27,29). The second-order valence-corrected chi connectivity index (χ2v) is 7.84. The SMILES string of the molecule is COc1cc(C(=O)NCc2cccc(N3CCOC3=O)c2)ccc1OCc1ccc(Cl)cc1. The van der Waals surface area contributed by atoms with Gasteiger partial charge in [0.1, 0.15) is 13.2 Å². The van der Waals surface area contributed by atoms with Crippen LogP contribution in [-0.2, 0) is 17.9 Å². The molecule has 0 unspecified atom stereocenters. The van der Waals surface area contributed by atoms with Crippen molar-refractivity contribution in [2.24, 2.45) is 0 Å². The normalized spacial score (nSPS) is 12.9. The highest BCUT2D eigenvalue weighted by Gasteiger charge is 2.23. The lowest BCUT2D eigenvalue weighted by atomic mass is 10.1. The first-order chi connectivity index (χ1) is 16.0. The molecule has 170 valence electrons. The molecule has 1 N–H and O–H groups in total. The number of carbonyl (C=O) groups excluding carboxylic acids is 2. The van der Waals surface area contributed by atoms with E-state index in [1.54, 1.807) is 35.2 Å². The van der Waals surface area contributed by atoms with Crippen molar-refractivity contribution in [3.05, 3.63) is 88.4 Å². The van der Waals surface area contributed by atoms with Crippen LogP contribution in [0.25, 0.3) is 0 Å². The Morgan fingerprint density at radius 1 is 1.06 bits per heavy atom. The predicted octanol–water partition coefficient (Wildman–Crippen LogP) is 4.81. The van der Waals surface area contributed by atoms with Crippen LogP contribution >= 0.6 is 11.6 Å². The highest BCUT2D eigenvalue weighted by molar-refractivity contribution is 6.30. The lowest BCUT2D eigenvalue weighted by molar-refractivity contribution is 0.0950. The Morgan fingerprint density at radius 3 is 2.61 bits per heavy atom. The van der Waals surface area contributed by atoms with Gasteiger partial charge in [-0.15, -0.1) is 0 Å². The van der Waals surface area contributed by atoms with Crippen molar-refractivity contribution in [3.8, 4) is 11.5 Å². The van der Waals surface area contributed by atoms with Crippen molar-refractivity contribution in [1.82, 2.24) is 5.32 Å². The zero-order valence-electron chi connectivity index (χ0n) is 18.0. The molecule has 1 saturated heterocycles. The lowest BCUT2D eigenvalue weighted by Crippen LogP contribution is -2.25. The molecule has 0 bridgehead atoms.